The number of amides is 1. The van der Waals surface area contributed by atoms with Crippen molar-refractivity contribution in [2.24, 2.45) is 0 Å². The first-order valence-corrected chi connectivity index (χ1v) is 8.60. The third-order valence-electron chi connectivity index (χ3n) is 3.78. The lowest BCUT2D eigenvalue weighted by Gasteiger charge is -2.21. The maximum absolute atomic E-state index is 12.6. The number of carbonyl (C=O) groups excluding carboxylic acids is 1. The van der Waals surface area contributed by atoms with E-state index in [4.69, 9.17) is 28.5 Å². The van der Waals surface area contributed by atoms with Crippen LogP contribution in [0.1, 0.15) is 23.1 Å². The van der Waals surface area contributed by atoms with Crippen molar-refractivity contribution in [3.05, 3.63) is 81.9 Å². The molecule has 25 heavy (non-hydrogen) atoms. The van der Waals surface area contributed by atoms with Crippen molar-refractivity contribution in [2.45, 2.75) is 19.4 Å². The summed E-state index contributed by atoms with van der Waals surface area (Å²) in [7, 11) is 0. The molecule has 5 heteroatoms. The van der Waals surface area contributed by atoms with Crippen LogP contribution in [-0.4, -0.2) is 17.4 Å². The van der Waals surface area contributed by atoms with Crippen LogP contribution in [-0.2, 0) is 17.8 Å². The van der Waals surface area contributed by atoms with Gasteiger partial charge in [-0.05, 0) is 41.8 Å². The minimum absolute atomic E-state index is 0.0234. The first kappa shape index (κ1) is 19.1. The molecule has 3 nitrogen and oxygen atoms in total. The summed E-state index contributed by atoms with van der Waals surface area (Å²) in [5.41, 5.74) is 2.47. The predicted molar refractivity (Wildman–Crippen MR) is 102 cm³/mol. The molecular formula is C20H18Cl2N2O. The molecule has 2 aromatic carbocycles. The van der Waals surface area contributed by atoms with Crippen molar-refractivity contribution in [3.63, 3.8) is 0 Å². The number of halogens is 2. The van der Waals surface area contributed by atoms with E-state index >= 15 is 0 Å². The lowest BCUT2D eigenvalue weighted by molar-refractivity contribution is -0.131. The Morgan fingerprint density at radius 3 is 2.52 bits per heavy atom. The SMILES string of the molecule is C=CCN(Cc1ccc(C#N)cc1)C(=O)CCc1ccc(Cl)cc1Cl. The average molecular weight is 373 g/mol. The van der Waals surface area contributed by atoms with Crippen LogP contribution < -0.4 is 0 Å². The van der Waals surface area contributed by atoms with Gasteiger partial charge >= 0.3 is 0 Å². The maximum atomic E-state index is 12.6. The summed E-state index contributed by atoms with van der Waals surface area (Å²) in [4.78, 5) is 14.3. The van der Waals surface area contributed by atoms with Gasteiger partial charge in [0.25, 0.3) is 0 Å². The van der Waals surface area contributed by atoms with Crippen LogP contribution in [0.15, 0.2) is 55.1 Å². The van der Waals surface area contributed by atoms with Gasteiger partial charge in [0.15, 0.2) is 0 Å². The second-order valence-electron chi connectivity index (χ2n) is 5.61. The molecule has 2 rings (SSSR count). The molecule has 0 saturated carbocycles. The van der Waals surface area contributed by atoms with Gasteiger partial charge in [0, 0.05) is 29.6 Å². The molecule has 0 spiro atoms. The molecular weight excluding hydrogens is 355 g/mol. The molecule has 0 aliphatic carbocycles. The van der Waals surface area contributed by atoms with E-state index in [2.05, 4.69) is 12.6 Å². The van der Waals surface area contributed by atoms with Gasteiger partial charge < -0.3 is 4.90 Å². The fourth-order valence-corrected chi connectivity index (χ4v) is 2.94. The van der Waals surface area contributed by atoms with Gasteiger partial charge in [0.2, 0.25) is 5.91 Å². The number of nitriles is 1. The molecule has 128 valence electrons. The molecule has 0 radical (unpaired) electrons. The number of carbonyl (C=O) groups is 1. The first-order valence-electron chi connectivity index (χ1n) is 7.85. The van der Waals surface area contributed by atoms with E-state index in [0.29, 0.717) is 41.5 Å². The molecule has 0 heterocycles. The van der Waals surface area contributed by atoms with E-state index < -0.39 is 0 Å². The Bertz CT molecular complexity index is 794. The quantitative estimate of drug-likeness (QED) is 0.640. The van der Waals surface area contributed by atoms with E-state index in [1.807, 2.05) is 18.2 Å². The van der Waals surface area contributed by atoms with Crippen molar-refractivity contribution < 1.29 is 4.79 Å². The van der Waals surface area contributed by atoms with Crippen LogP contribution in [0.4, 0.5) is 0 Å². The Morgan fingerprint density at radius 1 is 1.20 bits per heavy atom. The van der Waals surface area contributed by atoms with E-state index in [0.717, 1.165) is 11.1 Å². The Labute approximate surface area is 158 Å². The van der Waals surface area contributed by atoms with Crippen LogP contribution >= 0.6 is 23.2 Å². The highest BCUT2D eigenvalue weighted by Gasteiger charge is 2.14. The molecule has 0 N–H and O–H groups in total. The summed E-state index contributed by atoms with van der Waals surface area (Å²) >= 11 is 12.1. The molecule has 2 aromatic rings. The minimum Gasteiger partial charge on any atom is -0.335 e. The Hall–Kier alpha value is -2.28. The summed E-state index contributed by atoms with van der Waals surface area (Å²) in [5, 5.41) is 10.0. The lowest BCUT2D eigenvalue weighted by atomic mass is 10.1. The number of hydrogen-bond donors (Lipinski definition) is 0. The Morgan fingerprint density at radius 2 is 1.92 bits per heavy atom. The molecule has 0 saturated heterocycles. The number of rotatable bonds is 7. The monoisotopic (exact) mass is 372 g/mol. The number of hydrogen-bond acceptors (Lipinski definition) is 2. The van der Waals surface area contributed by atoms with E-state index in [1.54, 1.807) is 35.2 Å². The normalized spacial score (nSPS) is 10.1. The van der Waals surface area contributed by atoms with Gasteiger partial charge in [0.05, 0.1) is 11.6 Å². The molecule has 1 amide bonds. The maximum Gasteiger partial charge on any atom is 0.223 e. The van der Waals surface area contributed by atoms with Crippen LogP contribution in [0.5, 0.6) is 0 Å². The van der Waals surface area contributed by atoms with Gasteiger partial charge in [-0.15, -0.1) is 6.58 Å². The summed E-state index contributed by atoms with van der Waals surface area (Å²) in [6.07, 6.45) is 2.61. The third kappa shape index (κ3) is 5.63. The molecule has 0 aromatic heterocycles. The number of nitrogens with zero attached hydrogens (tertiary/aromatic N) is 2. The molecule has 0 aliphatic heterocycles. The standard InChI is InChI=1S/C20H18Cl2N2O/c1-2-11-24(14-16-5-3-15(13-23)4-6-16)20(25)10-8-17-7-9-18(21)12-19(17)22/h2-7,9,12H,1,8,10-11,14H2. The fraction of sp³-hybridized carbons (Fsp3) is 0.200. The van der Waals surface area contributed by atoms with Crippen molar-refractivity contribution in [3.8, 4) is 6.07 Å². The van der Waals surface area contributed by atoms with Crippen LogP contribution in [0.2, 0.25) is 10.0 Å². The highest BCUT2D eigenvalue weighted by Crippen LogP contribution is 2.22. The van der Waals surface area contributed by atoms with E-state index in [-0.39, 0.29) is 5.91 Å². The summed E-state index contributed by atoms with van der Waals surface area (Å²) in [6.45, 7) is 4.66. The zero-order valence-corrected chi connectivity index (χ0v) is 15.2. The van der Waals surface area contributed by atoms with Crippen LogP contribution in [0.25, 0.3) is 0 Å². The first-order chi connectivity index (χ1) is 12.0. The van der Waals surface area contributed by atoms with Crippen molar-refractivity contribution in [1.82, 2.24) is 4.90 Å². The second kappa shape index (κ2) is 9.27. The average Bonchev–Trinajstić information content (AvgIpc) is 2.61. The second-order valence-corrected chi connectivity index (χ2v) is 6.45. The number of aryl methyl sites for hydroxylation is 1. The molecule has 0 fully saturated rings. The summed E-state index contributed by atoms with van der Waals surface area (Å²) in [5.74, 6) is 0.0234. The van der Waals surface area contributed by atoms with Gasteiger partial charge in [-0.2, -0.15) is 5.26 Å². The predicted octanol–water partition coefficient (Wildman–Crippen LogP) is 5.01. The van der Waals surface area contributed by atoms with Gasteiger partial charge in [-0.1, -0.05) is 47.5 Å². The molecule has 0 unspecified atom stereocenters. The molecule has 0 atom stereocenters. The molecule has 0 bridgehead atoms. The smallest absolute Gasteiger partial charge is 0.223 e. The highest BCUT2D eigenvalue weighted by molar-refractivity contribution is 6.35. The van der Waals surface area contributed by atoms with Gasteiger partial charge in [-0.25, -0.2) is 0 Å². The summed E-state index contributed by atoms with van der Waals surface area (Å²) < 4.78 is 0. The van der Waals surface area contributed by atoms with E-state index in [1.165, 1.54) is 0 Å². The van der Waals surface area contributed by atoms with Gasteiger partial charge in [0.1, 0.15) is 0 Å². The highest BCUT2D eigenvalue weighted by atomic mass is 35.5. The lowest BCUT2D eigenvalue weighted by Crippen LogP contribution is -2.30. The summed E-state index contributed by atoms with van der Waals surface area (Å²) in [6, 6.07) is 14.6. The van der Waals surface area contributed by atoms with Gasteiger partial charge in [-0.3, -0.25) is 4.79 Å². The third-order valence-corrected chi connectivity index (χ3v) is 4.37. The zero-order chi connectivity index (χ0) is 18.2. The van der Waals surface area contributed by atoms with Crippen LogP contribution in [0, 0.1) is 11.3 Å². The Balaban J connectivity index is 2.01. The van der Waals surface area contributed by atoms with Crippen molar-refractivity contribution in [2.75, 3.05) is 6.54 Å². The minimum atomic E-state index is 0.0234. The van der Waals surface area contributed by atoms with E-state index in [9.17, 15) is 4.79 Å². The fourth-order valence-electron chi connectivity index (χ4n) is 2.44. The Kier molecular flexibility index (Phi) is 7.06. The largest absolute Gasteiger partial charge is 0.335 e. The van der Waals surface area contributed by atoms with Crippen molar-refractivity contribution >= 4 is 29.1 Å². The molecule has 0 aliphatic rings. The van der Waals surface area contributed by atoms with Crippen molar-refractivity contribution in [1.29, 1.82) is 5.26 Å². The zero-order valence-electron chi connectivity index (χ0n) is 13.7. The topological polar surface area (TPSA) is 44.1 Å². The number of benzene rings is 2. The van der Waals surface area contributed by atoms with Crippen LogP contribution in [0.3, 0.4) is 0 Å².